The third-order valence-corrected chi connectivity index (χ3v) is 7.46. The zero-order valence-electron chi connectivity index (χ0n) is 15.6. The summed E-state index contributed by atoms with van der Waals surface area (Å²) in [5.74, 6) is 0. The molecule has 0 aromatic rings. The lowest BCUT2D eigenvalue weighted by atomic mass is 9.93. The van der Waals surface area contributed by atoms with Crippen molar-refractivity contribution >= 4 is 22.7 Å². The van der Waals surface area contributed by atoms with E-state index in [-0.39, 0.29) is 11.8 Å². The van der Waals surface area contributed by atoms with E-state index in [1.807, 2.05) is 32.9 Å². The van der Waals surface area contributed by atoms with Crippen molar-refractivity contribution < 1.29 is 24.3 Å². The van der Waals surface area contributed by atoms with Crippen LogP contribution < -0.4 is 4.72 Å². The summed E-state index contributed by atoms with van der Waals surface area (Å²) in [6.45, 7) is 5.72. The predicted octanol–water partition coefficient (Wildman–Crippen LogP) is 0.976. The van der Waals surface area contributed by atoms with Crippen molar-refractivity contribution in [3.05, 3.63) is 22.6 Å². The summed E-state index contributed by atoms with van der Waals surface area (Å²) in [5, 5.41) is 34.5. The second-order valence-corrected chi connectivity index (χ2v) is 11.1. The van der Waals surface area contributed by atoms with Crippen LogP contribution in [0.5, 0.6) is 0 Å². The number of fused-ring (bicyclic) bond motifs is 2. The maximum absolute atomic E-state index is 12.5. The van der Waals surface area contributed by atoms with Gasteiger partial charge < -0.3 is 20.1 Å². The summed E-state index contributed by atoms with van der Waals surface area (Å²) in [7, 11) is -1.40. The Bertz CT molecular complexity index is 608. The lowest BCUT2D eigenvalue weighted by molar-refractivity contribution is -0.203. The van der Waals surface area contributed by atoms with Crippen molar-refractivity contribution in [3.63, 3.8) is 0 Å². The molecule has 9 nitrogen and oxygen atoms in total. The third kappa shape index (κ3) is 5.91. The van der Waals surface area contributed by atoms with Crippen molar-refractivity contribution in [3.8, 4) is 0 Å². The van der Waals surface area contributed by atoms with Crippen LogP contribution >= 0.6 is 11.8 Å². The Kier molecular flexibility index (Phi) is 8.14. The molecule has 4 N–H and O–H groups in total. The van der Waals surface area contributed by atoms with Gasteiger partial charge in [0.1, 0.15) is 29.9 Å². The topological polar surface area (TPSA) is 148 Å². The number of hydrogen-bond acceptors (Lipinski definition) is 7. The smallest absolute Gasteiger partial charge is 0.132 e. The Balaban J connectivity index is 2.27. The Morgan fingerprint density at radius 3 is 2.56 bits per heavy atom. The van der Waals surface area contributed by atoms with Crippen LogP contribution in [0.2, 0.25) is 0 Å². The monoisotopic (exact) mass is 420 g/mol. The zero-order valence-corrected chi connectivity index (χ0v) is 17.3. The fourth-order valence-corrected chi connectivity index (χ4v) is 4.99. The van der Waals surface area contributed by atoms with Gasteiger partial charge in [-0.3, -0.25) is 0 Å². The van der Waals surface area contributed by atoms with Gasteiger partial charge in [0.25, 0.3) is 0 Å². The molecule has 0 saturated carbocycles. The highest BCUT2D eigenvalue weighted by atomic mass is 32.2. The third-order valence-electron chi connectivity index (χ3n) is 4.45. The van der Waals surface area contributed by atoms with Crippen LogP contribution in [-0.4, -0.2) is 72.0 Å². The second kappa shape index (κ2) is 9.71. The number of nitrogens with zero attached hydrogens (tertiary/aromatic N) is 3. The molecule has 0 aliphatic carbocycles. The van der Waals surface area contributed by atoms with Gasteiger partial charge in [-0.15, -0.1) is 11.8 Å². The van der Waals surface area contributed by atoms with Gasteiger partial charge in [0, 0.05) is 16.7 Å². The second-order valence-electron chi connectivity index (χ2n) is 7.66. The van der Waals surface area contributed by atoms with Crippen molar-refractivity contribution in [2.24, 2.45) is 5.11 Å². The number of hydrogen-bond donors (Lipinski definition) is 4. The number of thioether (sulfide) groups is 1. The molecule has 0 radical (unpaired) electrons. The minimum Gasteiger partial charge on any atom is -0.388 e. The minimum atomic E-state index is -1.40. The van der Waals surface area contributed by atoms with Gasteiger partial charge in [-0.25, -0.2) is 8.93 Å². The Morgan fingerprint density at radius 1 is 1.26 bits per heavy atom. The molecule has 8 atom stereocenters. The summed E-state index contributed by atoms with van der Waals surface area (Å²) in [6, 6.07) is -0.504. The van der Waals surface area contributed by atoms with E-state index >= 15 is 0 Å². The number of aliphatic hydroxyl groups is 3. The van der Waals surface area contributed by atoms with Gasteiger partial charge in [0.05, 0.1) is 21.8 Å². The van der Waals surface area contributed by atoms with Crippen molar-refractivity contribution in [2.45, 2.75) is 79.5 Å². The molecule has 3 unspecified atom stereocenters. The largest absolute Gasteiger partial charge is 0.388 e. The molecule has 27 heavy (non-hydrogen) atoms. The summed E-state index contributed by atoms with van der Waals surface area (Å²) in [5.41, 5.74) is 7.75. The Labute approximate surface area is 165 Å². The number of allylic oxidation sites excluding steroid dienone is 1. The van der Waals surface area contributed by atoms with Crippen LogP contribution in [0.4, 0.5) is 0 Å². The van der Waals surface area contributed by atoms with E-state index in [0.29, 0.717) is 12.8 Å². The molecular weight excluding hydrogens is 392 g/mol. The lowest BCUT2D eigenvalue weighted by Gasteiger charge is -2.44. The summed E-state index contributed by atoms with van der Waals surface area (Å²) in [4.78, 5) is 2.77. The molecule has 1 fully saturated rings. The van der Waals surface area contributed by atoms with Gasteiger partial charge in [0.15, 0.2) is 0 Å². The van der Waals surface area contributed by atoms with E-state index in [0.717, 1.165) is 0 Å². The SMILES string of the molecule is CC(C)(C)[S@@](=O)N[C@@H]1C/C=C\CC(CN=[N+]=[N-])SC2O[C@H]1C(O)[C@@H](O)[C@H]2O. The molecule has 0 amide bonds. The van der Waals surface area contributed by atoms with Crippen LogP contribution in [0.3, 0.4) is 0 Å². The fourth-order valence-electron chi connectivity index (χ4n) is 2.86. The van der Waals surface area contributed by atoms with Gasteiger partial charge >= 0.3 is 0 Å². The van der Waals surface area contributed by atoms with E-state index < -0.39 is 51.6 Å². The van der Waals surface area contributed by atoms with Crippen molar-refractivity contribution in [1.29, 1.82) is 0 Å². The molecule has 0 spiro atoms. The number of nitrogens with one attached hydrogen (secondary N) is 1. The van der Waals surface area contributed by atoms with Crippen molar-refractivity contribution in [2.75, 3.05) is 6.54 Å². The number of rotatable bonds is 4. The molecule has 1 saturated heterocycles. The zero-order chi connectivity index (χ0) is 20.2. The molecule has 2 heterocycles. The minimum absolute atomic E-state index is 0.131. The summed E-state index contributed by atoms with van der Waals surface area (Å²) >= 11 is 1.26. The molecule has 0 aromatic carbocycles. The molecule has 154 valence electrons. The standard InChI is InChI=1S/C16H28N4O5S2/c1-16(2,3)27(24)19-10-7-5-4-6-9(8-18-20-17)26-15-13(23)11(21)12(22)14(10)25-15/h4-5,9-15,19,21-23H,6-8H2,1-3H3/b5-4-/t9?,10-,11-,12?,13-,14-,15?,27-/m1/s1. The molecule has 2 aliphatic rings. The van der Waals surface area contributed by atoms with Gasteiger partial charge in [-0.05, 0) is 39.1 Å². The molecule has 11 heteroatoms. The average Bonchev–Trinajstić information content (AvgIpc) is 2.61. The normalized spacial score (nSPS) is 39.9. The highest BCUT2D eigenvalue weighted by Crippen LogP contribution is 2.35. The molecule has 2 rings (SSSR count). The lowest BCUT2D eigenvalue weighted by Crippen LogP contribution is -2.63. The average molecular weight is 421 g/mol. The molecule has 2 aliphatic heterocycles. The van der Waals surface area contributed by atoms with Crippen molar-refractivity contribution in [1.82, 2.24) is 4.72 Å². The van der Waals surface area contributed by atoms with Crippen LogP contribution in [0, 0.1) is 0 Å². The maximum Gasteiger partial charge on any atom is 0.132 e. The van der Waals surface area contributed by atoms with Crippen LogP contribution in [0.1, 0.15) is 33.6 Å². The van der Waals surface area contributed by atoms with Gasteiger partial charge in [0.2, 0.25) is 0 Å². The Morgan fingerprint density at radius 2 is 1.93 bits per heavy atom. The van der Waals surface area contributed by atoms with Crippen LogP contribution in [0.25, 0.3) is 10.4 Å². The fraction of sp³-hybridized carbons (Fsp3) is 0.875. The number of ether oxygens (including phenoxy) is 1. The molecule has 2 bridgehead atoms. The number of aliphatic hydroxyl groups excluding tert-OH is 3. The molecular formula is C16H28N4O5S2. The van der Waals surface area contributed by atoms with E-state index in [1.165, 1.54) is 11.8 Å². The first-order chi connectivity index (χ1) is 12.6. The predicted molar refractivity (Wildman–Crippen MR) is 105 cm³/mol. The van der Waals surface area contributed by atoms with Crippen LogP contribution in [-0.2, 0) is 15.7 Å². The van der Waals surface area contributed by atoms with E-state index in [4.69, 9.17) is 10.3 Å². The number of azide groups is 1. The van der Waals surface area contributed by atoms with E-state index in [1.54, 1.807) is 0 Å². The van der Waals surface area contributed by atoms with Crippen LogP contribution in [0.15, 0.2) is 17.3 Å². The first kappa shape index (κ1) is 22.6. The first-order valence-corrected chi connectivity index (χ1v) is 10.9. The maximum atomic E-state index is 12.5. The van der Waals surface area contributed by atoms with Gasteiger partial charge in [-0.2, -0.15) is 0 Å². The molecule has 0 aromatic heterocycles. The van der Waals surface area contributed by atoms with Gasteiger partial charge in [-0.1, -0.05) is 17.3 Å². The quantitative estimate of drug-likeness (QED) is 0.231. The van der Waals surface area contributed by atoms with E-state index in [2.05, 4.69) is 14.7 Å². The summed E-state index contributed by atoms with van der Waals surface area (Å²) in [6.07, 6.45) is 0.00542. The highest BCUT2D eigenvalue weighted by Gasteiger charge is 2.47. The van der Waals surface area contributed by atoms with E-state index in [9.17, 15) is 19.5 Å². The summed E-state index contributed by atoms with van der Waals surface area (Å²) < 4.78 is 21.0. The Hall–Kier alpha value is -0.650. The first-order valence-electron chi connectivity index (χ1n) is 8.84. The highest BCUT2D eigenvalue weighted by molar-refractivity contribution is 8.00.